The lowest BCUT2D eigenvalue weighted by Gasteiger charge is -2.26. The van der Waals surface area contributed by atoms with E-state index in [0.29, 0.717) is 19.5 Å². The monoisotopic (exact) mass is 306 g/mol. The average Bonchev–Trinajstić information content (AvgIpc) is 2.99. The molecule has 1 aromatic rings. The zero-order valence-electron chi connectivity index (χ0n) is 13.5. The number of amides is 1. The van der Waals surface area contributed by atoms with Crippen molar-refractivity contribution in [1.29, 1.82) is 0 Å². The second-order valence-electron chi connectivity index (χ2n) is 5.94. The first kappa shape index (κ1) is 16.8. The van der Waals surface area contributed by atoms with Gasteiger partial charge in [0.25, 0.3) is 0 Å². The fraction of sp³-hybridized carbons (Fsp3) is 0.588. The van der Waals surface area contributed by atoms with Crippen LogP contribution in [0.15, 0.2) is 24.3 Å². The van der Waals surface area contributed by atoms with Gasteiger partial charge in [0.1, 0.15) is 5.75 Å². The predicted octanol–water partition coefficient (Wildman–Crippen LogP) is 1.94. The molecule has 1 aromatic carbocycles. The van der Waals surface area contributed by atoms with Crippen molar-refractivity contribution in [3.8, 4) is 5.75 Å². The highest BCUT2D eigenvalue weighted by Crippen LogP contribution is 2.18. The summed E-state index contributed by atoms with van der Waals surface area (Å²) in [5.74, 6) is 0.877. The topological polar surface area (TPSA) is 64.8 Å². The number of hydrogen-bond donors (Lipinski definition) is 1. The van der Waals surface area contributed by atoms with Gasteiger partial charge in [-0.2, -0.15) is 0 Å². The molecule has 1 amide bonds. The van der Waals surface area contributed by atoms with Crippen molar-refractivity contribution in [3.05, 3.63) is 29.8 Å². The van der Waals surface area contributed by atoms with Crippen molar-refractivity contribution < 1.29 is 14.3 Å². The second-order valence-corrected chi connectivity index (χ2v) is 5.94. The van der Waals surface area contributed by atoms with Gasteiger partial charge in [-0.05, 0) is 37.5 Å². The normalized spacial score (nSPS) is 19.0. The summed E-state index contributed by atoms with van der Waals surface area (Å²) in [7, 11) is 1.64. The van der Waals surface area contributed by atoms with E-state index in [2.05, 4.69) is 0 Å². The molecule has 1 heterocycles. The van der Waals surface area contributed by atoms with Gasteiger partial charge in [-0.15, -0.1) is 0 Å². The van der Waals surface area contributed by atoms with Gasteiger partial charge in [0.05, 0.1) is 13.2 Å². The molecular formula is C17H26N2O3. The number of rotatable bonds is 7. The Hall–Kier alpha value is -1.59. The van der Waals surface area contributed by atoms with Crippen LogP contribution >= 0.6 is 0 Å². The molecule has 122 valence electrons. The molecule has 1 aliphatic rings. The van der Waals surface area contributed by atoms with E-state index in [1.54, 1.807) is 7.11 Å². The third kappa shape index (κ3) is 5.00. The second kappa shape index (κ2) is 8.15. The SMILES string of the molecule is COc1cccc(CN(CC2CCCO2)C(=O)CC(C)N)c1. The van der Waals surface area contributed by atoms with Crippen LogP contribution in [0.4, 0.5) is 0 Å². The lowest BCUT2D eigenvalue weighted by molar-refractivity contribution is -0.133. The van der Waals surface area contributed by atoms with Gasteiger partial charge in [0.2, 0.25) is 5.91 Å². The number of nitrogens with zero attached hydrogens (tertiary/aromatic N) is 1. The largest absolute Gasteiger partial charge is 0.497 e. The summed E-state index contributed by atoms with van der Waals surface area (Å²) < 4.78 is 10.9. The Bertz CT molecular complexity index is 485. The Labute approximate surface area is 132 Å². The zero-order valence-corrected chi connectivity index (χ0v) is 13.5. The smallest absolute Gasteiger partial charge is 0.224 e. The van der Waals surface area contributed by atoms with Crippen LogP contribution in [-0.2, 0) is 16.1 Å². The summed E-state index contributed by atoms with van der Waals surface area (Å²) in [6, 6.07) is 7.67. The Morgan fingerprint density at radius 3 is 3.00 bits per heavy atom. The van der Waals surface area contributed by atoms with Crippen LogP contribution in [-0.4, -0.2) is 43.2 Å². The number of methoxy groups -OCH3 is 1. The zero-order chi connectivity index (χ0) is 15.9. The summed E-state index contributed by atoms with van der Waals surface area (Å²) in [4.78, 5) is 14.3. The van der Waals surface area contributed by atoms with E-state index in [0.717, 1.165) is 30.8 Å². The lowest BCUT2D eigenvalue weighted by atomic mass is 10.1. The molecule has 0 aliphatic carbocycles. The van der Waals surface area contributed by atoms with Crippen LogP contribution in [0, 0.1) is 0 Å². The average molecular weight is 306 g/mol. The standard InChI is InChI=1S/C17H26N2O3/c1-13(18)9-17(20)19(12-16-7-4-8-22-16)11-14-5-3-6-15(10-14)21-2/h3,5-6,10,13,16H,4,7-9,11-12,18H2,1-2H3. The quantitative estimate of drug-likeness (QED) is 0.836. The Kier molecular flexibility index (Phi) is 6.21. The minimum absolute atomic E-state index is 0.0771. The molecule has 2 rings (SSSR count). The molecule has 5 nitrogen and oxygen atoms in total. The van der Waals surface area contributed by atoms with Gasteiger partial charge in [-0.3, -0.25) is 4.79 Å². The highest BCUT2D eigenvalue weighted by atomic mass is 16.5. The molecule has 1 aliphatic heterocycles. The van der Waals surface area contributed by atoms with Crippen molar-refractivity contribution >= 4 is 5.91 Å². The van der Waals surface area contributed by atoms with Gasteiger partial charge in [0, 0.05) is 32.2 Å². The summed E-state index contributed by atoms with van der Waals surface area (Å²) in [6.07, 6.45) is 2.58. The summed E-state index contributed by atoms with van der Waals surface area (Å²) in [5.41, 5.74) is 6.83. The molecule has 0 radical (unpaired) electrons. The predicted molar refractivity (Wildman–Crippen MR) is 85.7 cm³/mol. The van der Waals surface area contributed by atoms with Crippen LogP contribution in [0.5, 0.6) is 5.75 Å². The van der Waals surface area contributed by atoms with Crippen molar-refractivity contribution in [2.24, 2.45) is 5.73 Å². The van der Waals surface area contributed by atoms with Crippen molar-refractivity contribution in [2.45, 2.75) is 44.9 Å². The molecule has 2 unspecified atom stereocenters. The number of hydrogen-bond acceptors (Lipinski definition) is 4. The highest BCUT2D eigenvalue weighted by molar-refractivity contribution is 5.76. The minimum atomic E-state index is -0.134. The van der Waals surface area contributed by atoms with Gasteiger partial charge in [0.15, 0.2) is 0 Å². The van der Waals surface area contributed by atoms with Gasteiger partial charge in [-0.25, -0.2) is 0 Å². The molecule has 0 bridgehead atoms. The van der Waals surface area contributed by atoms with E-state index in [1.807, 2.05) is 36.1 Å². The summed E-state index contributed by atoms with van der Waals surface area (Å²) >= 11 is 0. The fourth-order valence-electron chi connectivity index (χ4n) is 2.68. The molecule has 1 fully saturated rings. The van der Waals surface area contributed by atoms with E-state index in [-0.39, 0.29) is 18.1 Å². The minimum Gasteiger partial charge on any atom is -0.497 e. The third-order valence-corrected chi connectivity index (χ3v) is 3.80. The summed E-state index contributed by atoms with van der Waals surface area (Å²) in [5, 5.41) is 0. The Morgan fingerprint density at radius 1 is 1.55 bits per heavy atom. The maximum absolute atomic E-state index is 12.5. The first-order valence-electron chi connectivity index (χ1n) is 7.86. The van der Waals surface area contributed by atoms with Crippen LogP contribution < -0.4 is 10.5 Å². The number of benzene rings is 1. The van der Waals surface area contributed by atoms with E-state index >= 15 is 0 Å². The molecule has 5 heteroatoms. The van der Waals surface area contributed by atoms with Gasteiger partial charge in [-0.1, -0.05) is 12.1 Å². The highest BCUT2D eigenvalue weighted by Gasteiger charge is 2.23. The van der Waals surface area contributed by atoms with Crippen LogP contribution in [0.2, 0.25) is 0 Å². The Balaban J connectivity index is 2.06. The van der Waals surface area contributed by atoms with Crippen molar-refractivity contribution in [3.63, 3.8) is 0 Å². The van der Waals surface area contributed by atoms with Crippen LogP contribution in [0.1, 0.15) is 31.7 Å². The van der Waals surface area contributed by atoms with E-state index in [9.17, 15) is 4.79 Å². The van der Waals surface area contributed by atoms with Crippen LogP contribution in [0.3, 0.4) is 0 Å². The van der Waals surface area contributed by atoms with E-state index in [1.165, 1.54) is 0 Å². The first-order chi connectivity index (χ1) is 10.6. The van der Waals surface area contributed by atoms with E-state index in [4.69, 9.17) is 15.2 Å². The number of carbonyl (C=O) groups excluding carboxylic acids is 1. The van der Waals surface area contributed by atoms with Gasteiger partial charge >= 0.3 is 0 Å². The molecule has 22 heavy (non-hydrogen) atoms. The van der Waals surface area contributed by atoms with Gasteiger partial charge < -0.3 is 20.1 Å². The first-order valence-corrected chi connectivity index (χ1v) is 7.86. The molecular weight excluding hydrogens is 280 g/mol. The molecule has 0 spiro atoms. The Morgan fingerprint density at radius 2 is 2.36 bits per heavy atom. The lowest BCUT2D eigenvalue weighted by Crippen LogP contribution is -2.39. The maximum atomic E-state index is 12.5. The fourth-order valence-corrected chi connectivity index (χ4v) is 2.68. The number of nitrogens with two attached hydrogens (primary N) is 1. The maximum Gasteiger partial charge on any atom is 0.224 e. The molecule has 0 saturated carbocycles. The molecule has 2 N–H and O–H groups in total. The molecule has 0 aromatic heterocycles. The number of carbonyl (C=O) groups is 1. The molecule has 2 atom stereocenters. The van der Waals surface area contributed by atoms with Crippen molar-refractivity contribution in [2.75, 3.05) is 20.3 Å². The number of ether oxygens (including phenoxy) is 2. The summed E-state index contributed by atoms with van der Waals surface area (Å²) in [6.45, 7) is 3.83. The van der Waals surface area contributed by atoms with E-state index < -0.39 is 0 Å². The van der Waals surface area contributed by atoms with Crippen molar-refractivity contribution in [1.82, 2.24) is 4.90 Å². The van der Waals surface area contributed by atoms with Crippen LogP contribution in [0.25, 0.3) is 0 Å². The molecule has 1 saturated heterocycles. The third-order valence-electron chi connectivity index (χ3n) is 3.80.